The summed E-state index contributed by atoms with van der Waals surface area (Å²) in [5.74, 6) is -0.964. The Hall–Kier alpha value is -0.900. The summed E-state index contributed by atoms with van der Waals surface area (Å²) in [5, 5.41) is 0. The lowest BCUT2D eigenvalue weighted by atomic mass is 10.2. The fraction of sp³-hybridized carbons (Fsp3) is 0.714. The van der Waals surface area contributed by atoms with Gasteiger partial charge >= 0.3 is 5.97 Å². The van der Waals surface area contributed by atoms with E-state index in [2.05, 4.69) is 9.47 Å². The first-order chi connectivity index (χ1) is 5.13. The van der Waals surface area contributed by atoms with Gasteiger partial charge in [-0.3, -0.25) is 4.79 Å². The molecule has 0 aromatic heterocycles. The molecule has 0 aliphatic carbocycles. The molecule has 0 aliphatic rings. The van der Waals surface area contributed by atoms with Crippen LogP contribution in [0.2, 0.25) is 0 Å². The number of carbonyl (C=O) groups is 2. The first-order valence-electron chi connectivity index (χ1n) is 3.33. The Morgan fingerprint density at radius 1 is 1.45 bits per heavy atom. The predicted molar refractivity (Wildman–Crippen MR) is 38.1 cm³/mol. The fourth-order valence-corrected chi connectivity index (χ4v) is 0.646. The van der Waals surface area contributed by atoms with Crippen LogP contribution in [-0.2, 0) is 19.1 Å². The summed E-state index contributed by atoms with van der Waals surface area (Å²) in [6.45, 7) is 3.21. The summed E-state index contributed by atoms with van der Waals surface area (Å²) < 4.78 is 9.17. The minimum absolute atomic E-state index is 0.256. The highest BCUT2D eigenvalue weighted by molar-refractivity contribution is 6.00. The van der Waals surface area contributed by atoms with Gasteiger partial charge in [0.1, 0.15) is 0 Å². The van der Waals surface area contributed by atoms with E-state index in [1.165, 1.54) is 14.0 Å². The summed E-state index contributed by atoms with van der Waals surface area (Å²) >= 11 is 0. The van der Waals surface area contributed by atoms with Crippen molar-refractivity contribution in [2.24, 2.45) is 0 Å². The molecule has 0 radical (unpaired) electrons. The second-order valence-corrected chi connectivity index (χ2v) is 1.98. The van der Waals surface area contributed by atoms with E-state index in [1.807, 2.05) is 0 Å². The highest BCUT2D eigenvalue weighted by Gasteiger charge is 2.23. The van der Waals surface area contributed by atoms with Gasteiger partial charge in [-0.25, -0.2) is 4.79 Å². The number of ketones is 1. The number of methoxy groups -OCH3 is 1. The highest BCUT2D eigenvalue weighted by Crippen LogP contribution is 1.95. The van der Waals surface area contributed by atoms with Crippen LogP contribution in [0.4, 0.5) is 0 Å². The van der Waals surface area contributed by atoms with Gasteiger partial charge in [-0.15, -0.1) is 0 Å². The maximum atomic E-state index is 10.8. The Kier molecular flexibility index (Phi) is 4.45. The third-order valence-electron chi connectivity index (χ3n) is 1.11. The Morgan fingerprint density at radius 3 is 2.27 bits per heavy atom. The second kappa shape index (κ2) is 4.85. The van der Waals surface area contributed by atoms with Crippen molar-refractivity contribution < 1.29 is 19.1 Å². The third kappa shape index (κ3) is 3.13. The lowest BCUT2D eigenvalue weighted by Gasteiger charge is -2.09. The second-order valence-electron chi connectivity index (χ2n) is 1.98. The molecule has 0 amide bonds. The zero-order chi connectivity index (χ0) is 8.85. The van der Waals surface area contributed by atoms with E-state index in [-0.39, 0.29) is 12.4 Å². The van der Waals surface area contributed by atoms with Crippen molar-refractivity contribution in [2.45, 2.75) is 20.0 Å². The van der Waals surface area contributed by atoms with Crippen LogP contribution in [0.15, 0.2) is 0 Å². The van der Waals surface area contributed by atoms with Gasteiger partial charge in [0.25, 0.3) is 0 Å². The van der Waals surface area contributed by atoms with E-state index >= 15 is 0 Å². The fourth-order valence-electron chi connectivity index (χ4n) is 0.646. The van der Waals surface area contributed by atoms with Crippen LogP contribution >= 0.6 is 0 Å². The molecule has 0 aliphatic heterocycles. The maximum absolute atomic E-state index is 10.8. The summed E-state index contributed by atoms with van der Waals surface area (Å²) in [7, 11) is 1.29. The van der Waals surface area contributed by atoms with Gasteiger partial charge in [-0.2, -0.15) is 0 Å². The molecule has 0 aromatic carbocycles. The Balaban J connectivity index is 4.03. The van der Waals surface area contributed by atoms with E-state index in [0.717, 1.165) is 0 Å². The van der Waals surface area contributed by atoms with Crippen LogP contribution < -0.4 is 0 Å². The molecule has 4 nitrogen and oxygen atoms in total. The van der Waals surface area contributed by atoms with Gasteiger partial charge in [-0.1, -0.05) is 0 Å². The number of carbonyl (C=O) groups excluding carboxylic acids is 2. The van der Waals surface area contributed by atoms with Crippen LogP contribution in [0.5, 0.6) is 0 Å². The van der Waals surface area contributed by atoms with Gasteiger partial charge in [-0.05, 0) is 13.8 Å². The van der Waals surface area contributed by atoms with Crippen LogP contribution in [0.25, 0.3) is 0 Å². The van der Waals surface area contributed by atoms with Crippen molar-refractivity contribution in [1.29, 1.82) is 0 Å². The van der Waals surface area contributed by atoms with Gasteiger partial charge in [0.15, 0.2) is 5.78 Å². The number of hydrogen-bond acceptors (Lipinski definition) is 4. The molecule has 1 atom stereocenters. The highest BCUT2D eigenvalue weighted by atomic mass is 16.6. The first kappa shape index (κ1) is 10.1. The number of hydrogen-bond donors (Lipinski definition) is 0. The van der Waals surface area contributed by atoms with E-state index in [1.54, 1.807) is 6.92 Å². The first-order valence-corrected chi connectivity index (χ1v) is 3.33. The molecule has 11 heavy (non-hydrogen) atoms. The normalized spacial score (nSPS) is 12.3. The summed E-state index contributed by atoms with van der Waals surface area (Å²) in [4.78, 5) is 21.5. The largest absolute Gasteiger partial charge is 0.464 e. The van der Waals surface area contributed by atoms with E-state index in [4.69, 9.17) is 0 Å². The van der Waals surface area contributed by atoms with Crippen LogP contribution in [-0.4, -0.2) is 31.6 Å². The maximum Gasteiger partial charge on any atom is 0.343 e. The molecule has 0 rings (SSSR count). The molecule has 0 unspecified atom stereocenters. The zero-order valence-corrected chi connectivity index (χ0v) is 6.92. The lowest BCUT2D eigenvalue weighted by molar-refractivity contribution is -0.158. The van der Waals surface area contributed by atoms with Crippen molar-refractivity contribution >= 4 is 11.8 Å². The van der Waals surface area contributed by atoms with E-state index < -0.39 is 12.1 Å². The molecular weight excluding hydrogens is 148 g/mol. The molecule has 4 heteroatoms. The molecule has 64 valence electrons. The van der Waals surface area contributed by atoms with Crippen molar-refractivity contribution in [2.75, 3.05) is 13.7 Å². The predicted octanol–water partition coefficient (Wildman–Crippen LogP) is 0.153. The van der Waals surface area contributed by atoms with Crippen molar-refractivity contribution in [1.82, 2.24) is 0 Å². The molecule has 0 saturated heterocycles. The molecule has 0 aromatic rings. The van der Waals surface area contributed by atoms with E-state index in [9.17, 15) is 9.59 Å². The monoisotopic (exact) mass is 160 g/mol. The summed E-state index contributed by atoms with van der Waals surface area (Å²) in [5.41, 5.74) is 0. The summed E-state index contributed by atoms with van der Waals surface area (Å²) in [6.07, 6.45) is -1.06. The quantitative estimate of drug-likeness (QED) is 0.434. The minimum atomic E-state index is -1.06. The van der Waals surface area contributed by atoms with Gasteiger partial charge in [0.05, 0.1) is 6.61 Å². The molecule has 0 heterocycles. The Labute approximate surface area is 65.5 Å². The molecular formula is C7H12O4. The van der Waals surface area contributed by atoms with Crippen molar-refractivity contribution in [3.05, 3.63) is 0 Å². The number of ether oxygens (including phenoxy) is 2. The summed E-state index contributed by atoms with van der Waals surface area (Å²) in [6, 6.07) is 0. The van der Waals surface area contributed by atoms with Gasteiger partial charge in [0.2, 0.25) is 6.10 Å². The molecule has 0 fully saturated rings. The molecule has 0 spiro atoms. The minimum Gasteiger partial charge on any atom is -0.464 e. The third-order valence-corrected chi connectivity index (χ3v) is 1.11. The average Bonchev–Trinajstić information content (AvgIpc) is 1.88. The topological polar surface area (TPSA) is 52.6 Å². The number of esters is 1. The van der Waals surface area contributed by atoms with Crippen LogP contribution in [0.3, 0.4) is 0 Å². The number of Topliss-reactive ketones (excluding diaryl/α,β-unsaturated/α-hetero) is 1. The lowest BCUT2D eigenvalue weighted by Crippen LogP contribution is -2.31. The van der Waals surface area contributed by atoms with Crippen LogP contribution in [0.1, 0.15) is 13.8 Å². The van der Waals surface area contributed by atoms with E-state index in [0.29, 0.717) is 0 Å². The standard InChI is InChI=1S/C7H12O4/c1-4-11-7(9)6(10-3)5(2)8/h6H,4H2,1-3H3/t6-/m0/s1. The molecule has 0 bridgehead atoms. The number of rotatable bonds is 4. The van der Waals surface area contributed by atoms with Crippen molar-refractivity contribution in [3.8, 4) is 0 Å². The smallest absolute Gasteiger partial charge is 0.343 e. The average molecular weight is 160 g/mol. The Morgan fingerprint density at radius 2 is 2.00 bits per heavy atom. The van der Waals surface area contributed by atoms with Crippen molar-refractivity contribution in [3.63, 3.8) is 0 Å². The zero-order valence-electron chi connectivity index (χ0n) is 6.92. The van der Waals surface area contributed by atoms with Crippen LogP contribution in [0, 0.1) is 0 Å². The molecule has 0 saturated carbocycles. The molecule has 0 N–H and O–H groups in total. The van der Waals surface area contributed by atoms with Gasteiger partial charge in [0, 0.05) is 7.11 Å². The SMILES string of the molecule is CCOC(=O)[C@@H](OC)C(C)=O. The van der Waals surface area contributed by atoms with Gasteiger partial charge < -0.3 is 9.47 Å². The Bertz CT molecular complexity index is 153.